The molecule has 1 aliphatic heterocycles. The van der Waals surface area contributed by atoms with Crippen LogP contribution in [0.5, 0.6) is 0 Å². The van der Waals surface area contributed by atoms with Crippen molar-refractivity contribution >= 4 is 28.3 Å². The number of carbonyl (C=O) groups is 1. The number of hydrogen-bond acceptors (Lipinski definition) is 6. The molecule has 8 nitrogen and oxygen atoms in total. The Kier molecular flexibility index (Phi) is 5.42. The Morgan fingerprint density at radius 2 is 2.03 bits per heavy atom. The molecule has 1 aliphatic carbocycles. The van der Waals surface area contributed by atoms with E-state index in [9.17, 15) is 18.0 Å². The van der Waals surface area contributed by atoms with E-state index in [2.05, 4.69) is 15.1 Å². The maximum atomic E-state index is 15.5. The van der Waals surface area contributed by atoms with Crippen LogP contribution < -0.4 is 10.6 Å². The number of amides is 1. The second-order valence-corrected chi connectivity index (χ2v) is 9.52. The first-order chi connectivity index (χ1) is 18.0. The number of fused-ring (bicyclic) bond motifs is 4. The van der Waals surface area contributed by atoms with E-state index in [-0.39, 0.29) is 36.2 Å². The molecule has 0 saturated heterocycles. The normalized spacial score (nSPS) is 18.6. The van der Waals surface area contributed by atoms with Gasteiger partial charge in [-0.05, 0) is 43.0 Å². The highest BCUT2D eigenvalue weighted by Gasteiger charge is 2.39. The number of nitrogens with two attached hydrogens (primary N) is 1. The van der Waals surface area contributed by atoms with Gasteiger partial charge in [0.05, 0.1) is 41.7 Å². The molecule has 1 amide bonds. The predicted molar refractivity (Wildman–Crippen MR) is 130 cm³/mol. The van der Waals surface area contributed by atoms with Crippen LogP contribution in [0.3, 0.4) is 0 Å². The molecule has 4 heterocycles. The van der Waals surface area contributed by atoms with Gasteiger partial charge in [0.1, 0.15) is 17.3 Å². The summed E-state index contributed by atoms with van der Waals surface area (Å²) in [7, 11) is 1.67. The van der Waals surface area contributed by atoms with E-state index in [0.717, 1.165) is 11.6 Å². The van der Waals surface area contributed by atoms with Crippen LogP contribution in [0.2, 0.25) is 0 Å². The smallest absolute Gasteiger partial charge is 0.383 e. The molecule has 6 rings (SSSR count). The van der Waals surface area contributed by atoms with E-state index in [1.54, 1.807) is 13.2 Å². The molecule has 196 valence electrons. The third-order valence-electron chi connectivity index (χ3n) is 7.18. The molecule has 0 saturated carbocycles. The number of nitrogens with zero attached hydrogens (tertiary/aromatic N) is 5. The zero-order valence-corrected chi connectivity index (χ0v) is 20.4. The summed E-state index contributed by atoms with van der Waals surface area (Å²) >= 11 is 0. The summed E-state index contributed by atoms with van der Waals surface area (Å²) in [5.74, 6) is -1.20. The van der Waals surface area contributed by atoms with Gasteiger partial charge in [-0.15, -0.1) is 0 Å². The van der Waals surface area contributed by atoms with Gasteiger partial charge in [0.15, 0.2) is 0 Å². The van der Waals surface area contributed by atoms with Crippen molar-refractivity contribution in [1.82, 2.24) is 19.7 Å². The van der Waals surface area contributed by atoms with Crippen LogP contribution in [0.15, 0.2) is 36.7 Å². The summed E-state index contributed by atoms with van der Waals surface area (Å²) in [6.07, 6.45) is -1.26. The quantitative estimate of drug-likeness (QED) is 0.376. The molecule has 1 aromatic carbocycles. The summed E-state index contributed by atoms with van der Waals surface area (Å²) in [6, 6.07) is 4.20. The van der Waals surface area contributed by atoms with Gasteiger partial charge < -0.3 is 10.5 Å². The average Bonchev–Trinajstić information content (AvgIpc) is 3.57. The second kappa shape index (κ2) is 8.48. The summed E-state index contributed by atoms with van der Waals surface area (Å²) < 4.78 is 62.4. The van der Waals surface area contributed by atoms with Crippen LogP contribution in [0.4, 0.5) is 29.1 Å². The summed E-state index contributed by atoms with van der Waals surface area (Å²) in [5.41, 5.74) is 7.78. The van der Waals surface area contributed by atoms with Crippen molar-refractivity contribution in [2.24, 2.45) is 7.05 Å². The number of alkyl halides is 3. The van der Waals surface area contributed by atoms with E-state index in [1.807, 2.05) is 6.92 Å². The van der Waals surface area contributed by atoms with Crippen molar-refractivity contribution in [3.63, 3.8) is 0 Å². The molecule has 0 fully saturated rings. The van der Waals surface area contributed by atoms with Crippen molar-refractivity contribution in [2.75, 3.05) is 10.6 Å². The number of carbonyl (C=O) groups excluding carboxylic acids is 1. The highest BCUT2D eigenvalue weighted by Crippen LogP contribution is 2.42. The van der Waals surface area contributed by atoms with Crippen LogP contribution in [-0.2, 0) is 31.0 Å². The zero-order chi connectivity index (χ0) is 26.9. The maximum Gasteiger partial charge on any atom is 0.433 e. The Morgan fingerprint density at radius 3 is 2.74 bits per heavy atom. The number of rotatable bonds is 3. The first-order valence-corrected chi connectivity index (χ1v) is 11.9. The third kappa shape index (κ3) is 3.78. The molecule has 1 unspecified atom stereocenters. The Morgan fingerprint density at radius 1 is 1.24 bits per heavy atom. The fraction of sp³-hybridized carbons (Fsp3) is 0.308. The molecular weight excluding hydrogens is 504 g/mol. The molecule has 38 heavy (non-hydrogen) atoms. The summed E-state index contributed by atoms with van der Waals surface area (Å²) in [6.45, 7) is 2.08. The van der Waals surface area contributed by atoms with Crippen LogP contribution in [0.1, 0.15) is 63.9 Å². The van der Waals surface area contributed by atoms with Crippen LogP contribution in [0, 0.1) is 5.82 Å². The number of aromatic nitrogens is 4. The Balaban J connectivity index is 1.48. The monoisotopic (exact) mass is 526 g/mol. The van der Waals surface area contributed by atoms with E-state index in [0.29, 0.717) is 34.1 Å². The molecular formula is C26H22F4N6O2. The number of anilines is 2. The molecule has 4 aromatic rings. The molecule has 2 N–H and O–H groups in total. The lowest BCUT2D eigenvalue weighted by Crippen LogP contribution is -2.34. The van der Waals surface area contributed by atoms with Crippen molar-refractivity contribution < 1.29 is 27.1 Å². The Labute approximate surface area is 214 Å². The topological polar surface area (TPSA) is 99.2 Å². The lowest BCUT2D eigenvalue weighted by molar-refractivity contribution is -0.141. The van der Waals surface area contributed by atoms with Gasteiger partial charge in [-0.3, -0.25) is 14.4 Å². The van der Waals surface area contributed by atoms with Crippen molar-refractivity contribution in [3.05, 3.63) is 76.1 Å². The van der Waals surface area contributed by atoms with Gasteiger partial charge in [0, 0.05) is 36.0 Å². The molecule has 0 spiro atoms. The molecule has 12 heteroatoms. The number of benzene rings is 1. The number of hydrogen-bond donors (Lipinski definition) is 1. The number of pyridine rings is 2. The third-order valence-corrected chi connectivity index (χ3v) is 7.18. The number of ether oxygens (including phenoxy) is 1. The van der Waals surface area contributed by atoms with E-state index < -0.39 is 29.6 Å². The maximum absolute atomic E-state index is 15.5. The highest BCUT2D eigenvalue weighted by atomic mass is 19.4. The van der Waals surface area contributed by atoms with Crippen LogP contribution in [-0.4, -0.2) is 25.7 Å². The first kappa shape index (κ1) is 24.3. The summed E-state index contributed by atoms with van der Waals surface area (Å²) in [5, 5.41) is 4.70. The number of nitrogen functional groups attached to an aromatic ring is 1. The van der Waals surface area contributed by atoms with Gasteiger partial charge in [0.2, 0.25) is 0 Å². The molecule has 3 aromatic heterocycles. The second-order valence-electron chi connectivity index (χ2n) is 9.52. The molecule has 2 aliphatic rings. The fourth-order valence-corrected chi connectivity index (χ4v) is 5.42. The standard InChI is InChI=1S/C26H22F4N6O2/c1-12-23-17(11-38-12)15-7-16(18(27)8-20(15)34-24(23)31)25(37)36(13-9-32-35(2)10-13)21-5-4-19-14(21)3-6-22(33-19)26(28,29)30/h3,6-10,12,21H,4-5,11H2,1-2H3,(H2,31,34)/t12-,21?/m1/s1. The Bertz CT molecular complexity index is 1620. The van der Waals surface area contributed by atoms with Crippen molar-refractivity contribution in [2.45, 2.75) is 44.7 Å². The van der Waals surface area contributed by atoms with Gasteiger partial charge in [-0.25, -0.2) is 14.4 Å². The van der Waals surface area contributed by atoms with Crippen LogP contribution >= 0.6 is 0 Å². The fourth-order valence-electron chi connectivity index (χ4n) is 5.42. The minimum atomic E-state index is -4.58. The first-order valence-electron chi connectivity index (χ1n) is 11.9. The van der Waals surface area contributed by atoms with Gasteiger partial charge in [-0.2, -0.15) is 18.3 Å². The minimum absolute atomic E-state index is 0.206. The molecule has 0 radical (unpaired) electrons. The highest BCUT2D eigenvalue weighted by molar-refractivity contribution is 6.09. The van der Waals surface area contributed by atoms with Gasteiger partial charge in [-0.1, -0.05) is 6.07 Å². The lowest BCUT2D eigenvalue weighted by atomic mass is 9.99. The summed E-state index contributed by atoms with van der Waals surface area (Å²) in [4.78, 5) is 23.6. The van der Waals surface area contributed by atoms with Gasteiger partial charge in [0.25, 0.3) is 5.91 Å². The van der Waals surface area contributed by atoms with E-state index in [4.69, 9.17) is 10.5 Å². The van der Waals surface area contributed by atoms with Crippen molar-refractivity contribution in [3.8, 4) is 0 Å². The average molecular weight is 526 g/mol. The SMILES string of the molecule is C[C@H]1OCc2c1c(N)nc1cc(F)c(C(=O)N(c3cnn(C)c3)C3CCc4nc(C(F)(F)F)ccc43)cc21. The predicted octanol–water partition coefficient (Wildman–Crippen LogP) is 5.03. The van der Waals surface area contributed by atoms with Crippen LogP contribution in [0.25, 0.3) is 10.9 Å². The molecule has 0 bridgehead atoms. The zero-order valence-electron chi connectivity index (χ0n) is 20.4. The largest absolute Gasteiger partial charge is 0.433 e. The lowest BCUT2D eigenvalue weighted by Gasteiger charge is -2.29. The number of aryl methyl sites for hydroxylation is 2. The van der Waals surface area contributed by atoms with E-state index in [1.165, 1.54) is 34.0 Å². The van der Waals surface area contributed by atoms with Crippen molar-refractivity contribution in [1.29, 1.82) is 0 Å². The number of halogens is 4. The van der Waals surface area contributed by atoms with Gasteiger partial charge >= 0.3 is 6.18 Å². The van der Waals surface area contributed by atoms with E-state index >= 15 is 4.39 Å². The minimum Gasteiger partial charge on any atom is -0.383 e. The Hall–Kier alpha value is -4.06. The molecule has 2 atom stereocenters.